The van der Waals surface area contributed by atoms with Crippen molar-refractivity contribution in [1.29, 1.82) is 0 Å². The van der Waals surface area contributed by atoms with Crippen LogP contribution in [0.2, 0.25) is 0 Å². The molecule has 2 aromatic carbocycles. The van der Waals surface area contributed by atoms with Crippen LogP contribution < -0.4 is 4.90 Å². The first-order chi connectivity index (χ1) is 10.7. The van der Waals surface area contributed by atoms with Gasteiger partial charge in [-0.05, 0) is 85.3 Å². The number of hydrogen-bond acceptors (Lipinski definition) is 2. The lowest BCUT2D eigenvalue weighted by Gasteiger charge is -2.20. The molecule has 2 nitrogen and oxygen atoms in total. The molecule has 2 aromatic rings. The van der Waals surface area contributed by atoms with Crippen LogP contribution in [0, 0.1) is 27.7 Å². The second kappa shape index (κ2) is 8.05. The molecule has 1 N–H and O–H groups in total. The van der Waals surface area contributed by atoms with Crippen LogP contribution in [0.15, 0.2) is 24.3 Å². The predicted molar refractivity (Wildman–Crippen MR) is 103 cm³/mol. The summed E-state index contributed by atoms with van der Waals surface area (Å²) in [6, 6.07) is 8.53. The Hall–Kier alpha value is -1.96. The minimum atomic E-state index is 0.395. The summed E-state index contributed by atoms with van der Waals surface area (Å²) >= 11 is 0. The van der Waals surface area contributed by atoms with Crippen molar-refractivity contribution in [3.63, 3.8) is 0 Å². The lowest BCUT2D eigenvalue weighted by molar-refractivity contribution is 0.467. The molecule has 0 unspecified atom stereocenters. The van der Waals surface area contributed by atoms with Crippen LogP contribution in [0.1, 0.15) is 42.5 Å². The zero-order valence-corrected chi connectivity index (χ0v) is 15.9. The number of aromatic hydroxyl groups is 1. The van der Waals surface area contributed by atoms with E-state index >= 15 is 0 Å². The maximum absolute atomic E-state index is 9.90. The number of benzene rings is 2. The molecule has 0 atom stereocenters. The summed E-state index contributed by atoms with van der Waals surface area (Å²) < 4.78 is 0. The van der Waals surface area contributed by atoms with Crippen molar-refractivity contribution in [3.8, 4) is 16.9 Å². The van der Waals surface area contributed by atoms with Crippen LogP contribution in [0.4, 0.5) is 5.69 Å². The standard InChI is InChI=1S/C18H23NO.C3H8/c1-11-7-15(8-12(2)17(11)19(5)6)16-9-13(3)18(20)14(4)10-16;1-3-2/h7-10,20H,1-6H3;3H2,1-2H3. The number of anilines is 1. The van der Waals surface area contributed by atoms with E-state index in [2.05, 4.69) is 58.8 Å². The highest BCUT2D eigenvalue weighted by molar-refractivity contribution is 5.73. The van der Waals surface area contributed by atoms with E-state index in [0.717, 1.165) is 16.7 Å². The topological polar surface area (TPSA) is 23.5 Å². The highest BCUT2D eigenvalue weighted by atomic mass is 16.3. The maximum atomic E-state index is 9.90. The molecular weight excluding hydrogens is 282 g/mol. The number of phenolic OH excluding ortho intramolecular Hbond substituents is 1. The molecule has 0 bridgehead atoms. The lowest BCUT2D eigenvalue weighted by Crippen LogP contribution is -2.12. The molecule has 2 heteroatoms. The average molecular weight is 313 g/mol. The molecule has 0 amide bonds. The summed E-state index contributed by atoms with van der Waals surface area (Å²) in [7, 11) is 4.15. The van der Waals surface area contributed by atoms with Crippen LogP contribution in [0.3, 0.4) is 0 Å². The van der Waals surface area contributed by atoms with Gasteiger partial charge in [0.2, 0.25) is 0 Å². The van der Waals surface area contributed by atoms with Gasteiger partial charge in [0.25, 0.3) is 0 Å². The van der Waals surface area contributed by atoms with Gasteiger partial charge >= 0.3 is 0 Å². The summed E-state index contributed by atoms with van der Waals surface area (Å²) in [6.45, 7) is 12.4. The molecule has 0 spiro atoms. The van der Waals surface area contributed by atoms with Gasteiger partial charge in [-0.1, -0.05) is 20.3 Å². The van der Waals surface area contributed by atoms with Crippen LogP contribution in [0.5, 0.6) is 5.75 Å². The Labute approximate surface area is 141 Å². The largest absolute Gasteiger partial charge is 0.507 e. The molecule has 0 fully saturated rings. The van der Waals surface area contributed by atoms with E-state index in [4.69, 9.17) is 0 Å². The average Bonchev–Trinajstić information content (AvgIpc) is 2.43. The van der Waals surface area contributed by atoms with E-state index in [0.29, 0.717) is 5.75 Å². The molecule has 2 rings (SSSR count). The first-order valence-corrected chi connectivity index (χ1v) is 8.32. The SMILES string of the molecule is CCC.Cc1cc(-c2cc(C)c(N(C)C)c(C)c2)cc(C)c1O. The van der Waals surface area contributed by atoms with Gasteiger partial charge < -0.3 is 10.0 Å². The minimum absolute atomic E-state index is 0.395. The highest BCUT2D eigenvalue weighted by Gasteiger charge is 2.10. The van der Waals surface area contributed by atoms with E-state index in [-0.39, 0.29) is 0 Å². The Morgan fingerprint density at radius 3 is 1.35 bits per heavy atom. The molecule has 0 saturated carbocycles. The van der Waals surface area contributed by atoms with Crippen molar-refractivity contribution < 1.29 is 5.11 Å². The minimum Gasteiger partial charge on any atom is -0.507 e. The number of phenols is 1. The van der Waals surface area contributed by atoms with Gasteiger partial charge in [-0.2, -0.15) is 0 Å². The summed E-state index contributed by atoms with van der Waals surface area (Å²) in [4.78, 5) is 2.15. The second-order valence-electron chi connectivity index (χ2n) is 6.52. The van der Waals surface area contributed by atoms with Crippen molar-refractivity contribution in [1.82, 2.24) is 0 Å². The zero-order chi connectivity index (χ0) is 17.7. The van der Waals surface area contributed by atoms with E-state index in [1.807, 2.05) is 26.0 Å². The molecule has 0 aliphatic rings. The van der Waals surface area contributed by atoms with Gasteiger partial charge in [0.1, 0.15) is 5.75 Å². The van der Waals surface area contributed by atoms with Gasteiger partial charge in [0, 0.05) is 19.8 Å². The lowest BCUT2D eigenvalue weighted by atomic mass is 9.95. The Bertz CT molecular complexity index is 626. The van der Waals surface area contributed by atoms with Crippen LogP contribution in [0.25, 0.3) is 11.1 Å². The van der Waals surface area contributed by atoms with Gasteiger partial charge in [0.15, 0.2) is 0 Å². The Morgan fingerprint density at radius 2 is 1.04 bits per heavy atom. The van der Waals surface area contributed by atoms with Crippen molar-refractivity contribution in [2.24, 2.45) is 0 Å². The van der Waals surface area contributed by atoms with Crippen molar-refractivity contribution in [3.05, 3.63) is 46.5 Å². The van der Waals surface area contributed by atoms with E-state index in [1.54, 1.807) is 0 Å². The molecule has 0 aliphatic carbocycles. The van der Waals surface area contributed by atoms with E-state index < -0.39 is 0 Å². The molecular formula is C21H31NO. The molecule has 0 heterocycles. The van der Waals surface area contributed by atoms with Crippen molar-refractivity contribution >= 4 is 5.69 Å². The fourth-order valence-electron chi connectivity index (χ4n) is 2.95. The number of nitrogens with zero attached hydrogens (tertiary/aromatic N) is 1. The first-order valence-electron chi connectivity index (χ1n) is 8.32. The summed E-state index contributed by atoms with van der Waals surface area (Å²) in [6.07, 6.45) is 1.25. The number of aryl methyl sites for hydroxylation is 4. The Morgan fingerprint density at radius 1 is 0.739 bits per heavy atom. The van der Waals surface area contributed by atoms with Gasteiger partial charge in [-0.15, -0.1) is 0 Å². The maximum Gasteiger partial charge on any atom is 0.121 e. The molecule has 0 saturated heterocycles. The van der Waals surface area contributed by atoms with Crippen LogP contribution >= 0.6 is 0 Å². The smallest absolute Gasteiger partial charge is 0.121 e. The zero-order valence-electron chi connectivity index (χ0n) is 15.9. The molecule has 0 aliphatic heterocycles. The highest BCUT2D eigenvalue weighted by Crippen LogP contribution is 2.33. The second-order valence-corrected chi connectivity index (χ2v) is 6.52. The number of hydrogen-bond donors (Lipinski definition) is 1. The third-order valence-electron chi connectivity index (χ3n) is 3.76. The Balaban J connectivity index is 0.000000816. The normalized spacial score (nSPS) is 10.1. The summed E-state index contributed by atoms with van der Waals surface area (Å²) in [5, 5.41) is 9.90. The first kappa shape index (κ1) is 19.1. The van der Waals surface area contributed by atoms with E-state index in [9.17, 15) is 5.11 Å². The number of rotatable bonds is 2. The Kier molecular flexibility index (Phi) is 6.68. The molecule has 0 aromatic heterocycles. The fraction of sp³-hybridized carbons (Fsp3) is 0.429. The third-order valence-corrected chi connectivity index (χ3v) is 3.76. The molecule has 0 radical (unpaired) electrons. The molecule has 126 valence electrons. The van der Waals surface area contributed by atoms with Crippen molar-refractivity contribution in [2.75, 3.05) is 19.0 Å². The fourth-order valence-corrected chi connectivity index (χ4v) is 2.95. The quantitative estimate of drug-likeness (QED) is 0.760. The molecule has 23 heavy (non-hydrogen) atoms. The predicted octanol–water partition coefficient (Wildman–Crippen LogP) is 5.78. The van der Waals surface area contributed by atoms with Gasteiger partial charge in [0.05, 0.1) is 0 Å². The van der Waals surface area contributed by atoms with Crippen LogP contribution in [-0.4, -0.2) is 19.2 Å². The monoisotopic (exact) mass is 313 g/mol. The summed E-state index contributed by atoms with van der Waals surface area (Å²) in [5.74, 6) is 0.395. The summed E-state index contributed by atoms with van der Waals surface area (Å²) in [5.41, 5.74) is 8.04. The van der Waals surface area contributed by atoms with Crippen molar-refractivity contribution in [2.45, 2.75) is 48.0 Å². The van der Waals surface area contributed by atoms with E-state index in [1.165, 1.54) is 28.8 Å². The third kappa shape index (κ3) is 4.51. The van der Waals surface area contributed by atoms with Gasteiger partial charge in [-0.3, -0.25) is 0 Å². The van der Waals surface area contributed by atoms with Crippen LogP contribution in [-0.2, 0) is 0 Å². The van der Waals surface area contributed by atoms with Gasteiger partial charge in [-0.25, -0.2) is 0 Å².